The summed E-state index contributed by atoms with van der Waals surface area (Å²) in [7, 11) is 0. The van der Waals surface area contributed by atoms with Crippen LogP contribution in [0, 0.1) is 6.92 Å². The highest BCUT2D eigenvalue weighted by atomic mass is 16.1. The van der Waals surface area contributed by atoms with Crippen LogP contribution in [0.4, 0.5) is 0 Å². The Hall–Kier alpha value is -1.81. The van der Waals surface area contributed by atoms with Crippen molar-refractivity contribution in [3.05, 3.63) is 41.7 Å². The minimum absolute atomic E-state index is 0.0703. The molecular formula is C15H23N3O. The number of nitrogens with one attached hydrogen (secondary N) is 2. The van der Waals surface area contributed by atoms with E-state index in [1.165, 1.54) is 11.1 Å². The number of nitrogens with two attached hydrogens (primary N) is 1. The maximum atomic E-state index is 11.5. The van der Waals surface area contributed by atoms with Gasteiger partial charge in [-0.1, -0.05) is 24.8 Å². The summed E-state index contributed by atoms with van der Waals surface area (Å²) < 4.78 is 0. The zero-order valence-electron chi connectivity index (χ0n) is 11.5. The summed E-state index contributed by atoms with van der Waals surface area (Å²) in [6.45, 7) is 6.91. The Morgan fingerprint density at radius 3 is 3.05 bits per heavy atom. The molecule has 0 fully saturated rings. The number of allylic oxidation sites excluding steroid dienone is 2. The zero-order chi connectivity index (χ0) is 14.1. The predicted molar refractivity (Wildman–Crippen MR) is 79.8 cm³/mol. The number of aromatic amines is 1. The molecule has 4 nitrogen and oxygen atoms in total. The van der Waals surface area contributed by atoms with Gasteiger partial charge >= 0.3 is 0 Å². The topological polar surface area (TPSA) is 70.9 Å². The number of H-pyrrole nitrogens is 1. The highest BCUT2D eigenvalue weighted by Crippen LogP contribution is 2.15. The van der Waals surface area contributed by atoms with Crippen LogP contribution in [0.15, 0.2) is 24.9 Å². The van der Waals surface area contributed by atoms with E-state index >= 15 is 0 Å². The molecule has 0 saturated carbocycles. The van der Waals surface area contributed by atoms with E-state index in [2.05, 4.69) is 16.9 Å². The van der Waals surface area contributed by atoms with Crippen molar-refractivity contribution in [3.63, 3.8) is 0 Å². The molecule has 0 aliphatic heterocycles. The SMILES string of the molecule is C=C/C=C\c1c(CCNC(=O)CCCN)c[nH]c1C. The average molecular weight is 261 g/mol. The predicted octanol–water partition coefficient (Wildman–Crippen LogP) is 1.92. The molecule has 4 N–H and O–H groups in total. The van der Waals surface area contributed by atoms with Crippen LogP contribution in [-0.2, 0) is 11.2 Å². The first-order valence-electron chi connectivity index (χ1n) is 6.61. The van der Waals surface area contributed by atoms with Crippen LogP contribution >= 0.6 is 0 Å². The standard InChI is InChI=1S/C15H23N3O/c1-3-4-6-14-12(2)18-11-13(14)8-10-17-15(19)7-5-9-16/h3-4,6,11,18H,1,5,7-10,16H2,2H3,(H,17,19)/b6-4-. The molecule has 0 aliphatic rings. The van der Waals surface area contributed by atoms with Gasteiger partial charge in [0.2, 0.25) is 5.91 Å². The fourth-order valence-electron chi connectivity index (χ4n) is 1.88. The van der Waals surface area contributed by atoms with Crippen molar-refractivity contribution in [2.45, 2.75) is 26.2 Å². The number of hydrogen-bond donors (Lipinski definition) is 3. The molecule has 4 heteroatoms. The smallest absolute Gasteiger partial charge is 0.220 e. The first-order chi connectivity index (χ1) is 9.19. The van der Waals surface area contributed by atoms with Crippen LogP contribution in [0.1, 0.15) is 29.7 Å². The monoisotopic (exact) mass is 261 g/mol. The van der Waals surface area contributed by atoms with Crippen LogP contribution in [0.25, 0.3) is 6.08 Å². The Bertz CT molecular complexity index is 446. The van der Waals surface area contributed by atoms with Gasteiger partial charge in [-0.15, -0.1) is 0 Å². The summed E-state index contributed by atoms with van der Waals surface area (Å²) in [6, 6.07) is 0. The first-order valence-corrected chi connectivity index (χ1v) is 6.61. The van der Waals surface area contributed by atoms with Gasteiger partial charge in [0.05, 0.1) is 0 Å². The number of carbonyl (C=O) groups excluding carboxylic acids is 1. The normalized spacial score (nSPS) is 10.8. The molecular weight excluding hydrogens is 238 g/mol. The minimum atomic E-state index is 0.0703. The lowest BCUT2D eigenvalue weighted by Gasteiger charge is -2.05. The number of hydrogen-bond acceptors (Lipinski definition) is 2. The van der Waals surface area contributed by atoms with Crippen LogP contribution in [0.2, 0.25) is 0 Å². The Labute approximate surface area is 114 Å². The zero-order valence-corrected chi connectivity index (χ0v) is 11.5. The van der Waals surface area contributed by atoms with Gasteiger partial charge in [0.15, 0.2) is 0 Å². The van der Waals surface area contributed by atoms with Crippen LogP contribution in [0.3, 0.4) is 0 Å². The van der Waals surface area contributed by atoms with Crippen LogP contribution in [0.5, 0.6) is 0 Å². The maximum absolute atomic E-state index is 11.5. The van der Waals surface area contributed by atoms with E-state index in [4.69, 9.17) is 5.73 Å². The third kappa shape index (κ3) is 5.14. The minimum Gasteiger partial charge on any atom is -0.364 e. The second-order valence-electron chi connectivity index (χ2n) is 4.44. The first kappa shape index (κ1) is 15.2. The van der Waals surface area contributed by atoms with Crippen molar-refractivity contribution in [2.24, 2.45) is 5.73 Å². The molecule has 1 heterocycles. The molecule has 19 heavy (non-hydrogen) atoms. The lowest BCUT2D eigenvalue weighted by atomic mass is 10.1. The third-order valence-electron chi connectivity index (χ3n) is 2.94. The van der Waals surface area contributed by atoms with Crippen molar-refractivity contribution in [1.82, 2.24) is 10.3 Å². The molecule has 0 atom stereocenters. The summed E-state index contributed by atoms with van der Waals surface area (Å²) in [5.74, 6) is 0.0703. The van der Waals surface area contributed by atoms with Crippen molar-refractivity contribution in [2.75, 3.05) is 13.1 Å². The molecule has 0 aliphatic carbocycles. The van der Waals surface area contributed by atoms with Gasteiger partial charge < -0.3 is 16.0 Å². The van der Waals surface area contributed by atoms with Crippen molar-refractivity contribution in [1.29, 1.82) is 0 Å². The van der Waals surface area contributed by atoms with Gasteiger partial charge in [-0.05, 0) is 37.4 Å². The highest BCUT2D eigenvalue weighted by Gasteiger charge is 2.06. The molecule has 1 amide bonds. The summed E-state index contributed by atoms with van der Waals surface area (Å²) in [6.07, 6.45) is 9.75. The number of amides is 1. The van der Waals surface area contributed by atoms with Gasteiger partial charge in [0, 0.05) is 24.9 Å². The molecule has 1 aromatic heterocycles. The van der Waals surface area contributed by atoms with Crippen LogP contribution in [-0.4, -0.2) is 24.0 Å². The highest BCUT2D eigenvalue weighted by molar-refractivity contribution is 5.75. The molecule has 0 radical (unpaired) electrons. The van der Waals surface area contributed by atoms with Gasteiger partial charge in [0.25, 0.3) is 0 Å². The second-order valence-corrected chi connectivity index (χ2v) is 4.44. The molecule has 0 unspecified atom stereocenters. The molecule has 0 spiro atoms. The van der Waals surface area contributed by atoms with E-state index < -0.39 is 0 Å². The molecule has 0 bridgehead atoms. The van der Waals surface area contributed by atoms with Gasteiger partial charge in [0.1, 0.15) is 0 Å². The van der Waals surface area contributed by atoms with Gasteiger partial charge in [-0.3, -0.25) is 4.79 Å². The lowest BCUT2D eigenvalue weighted by molar-refractivity contribution is -0.121. The number of carbonyl (C=O) groups is 1. The Morgan fingerprint density at radius 1 is 1.58 bits per heavy atom. The number of rotatable bonds is 8. The molecule has 0 saturated heterocycles. The summed E-state index contributed by atoms with van der Waals surface area (Å²) in [5, 5.41) is 2.91. The van der Waals surface area contributed by atoms with E-state index in [-0.39, 0.29) is 5.91 Å². The summed E-state index contributed by atoms with van der Waals surface area (Å²) >= 11 is 0. The van der Waals surface area contributed by atoms with E-state index in [0.717, 1.165) is 18.5 Å². The van der Waals surface area contributed by atoms with Crippen molar-refractivity contribution in [3.8, 4) is 0 Å². The number of aromatic nitrogens is 1. The molecule has 1 rings (SSSR count). The Balaban J connectivity index is 2.47. The van der Waals surface area contributed by atoms with Crippen molar-refractivity contribution >= 4 is 12.0 Å². The lowest BCUT2D eigenvalue weighted by Crippen LogP contribution is -2.26. The summed E-state index contributed by atoms with van der Waals surface area (Å²) in [4.78, 5) is 14.7. The quantitative estimate of drug-likeness (QED) is 0.626. The Morgan fingerprint density at radius 2 is 2.37 bits per heavy atom. The summed E-state index contributed by atoms with van der Waals surface area (Å²) in [5.41, 5.74) is 8.87. The maximum Gasteiger partial charge on any atom is 0.220 e. The average Bonchev–Trinajstić information content (AvgIpc) is 2.75. The molecule has 1 aromatic rings. The van der Waals surface area contributed by atoms with E-state index in [1.54, 1.807) is 6.08 Å². The fourth-order valence-corrected chi connectivity index (χ4v) is 1.88. The van der Waals surface area contributed by atoms with E-state index in [9.17, 15) is 4.79 Å². The largest absolute Gasteiger partial charge is 0.364 e. The van der Waals surface area contributed by atoms with E-state index in [0.29, 0.717) is 19.5 Å². The number of aryl methyl sites for hydroxylation is 1. The molecule has 104 valence electrons. The van der Waals surface area contributed by atoms with Crippen LogP contribution < -0.4 is 11.1 Å². The van der Waals surface area contributed by atoms with Gasteiger partial charge in [-0.25, -0.2) is 0 Å². The fraction of sp³-hybridized carbons (Fsp3) is 0.400. The van der Waals surface area contributed by atoms with Gasteiger partial charge in [-0.2, -0.15) is 0 Å². The Kier molecular flexibility index (Phi) is 6.68. The molecule has 0 aromatic carbocycles. The van der Waals surface area contributed by atoms with Crippen molar-refractivity contribution < 1.29 is 4.79 Å². The third-order valence-corrected chi connectivity index (χ3v) is 2.94. The second kappa shape index (κ2) is 8.32. The van der Waals surface area contributed by atoms with E-state index in [1.807, 2.05) is 25.3 Å².